The summed E-state index contributed by atoms with van der Waals surface area (Å²) in [6.07, 6.45) is 1.27. The Morgan fingerprint density at radius 3 is 2.82 bits per heavy atom. The van der Waals surface area contributed by atoms with Crippen LogP contribution in [0.3, 0.4) is 0 Å². The van der Waals surface area contributed by atoms with Crippen molar-refractivity contribution in [1.82, 2.24) is 5.43 Å². The van der Waals surface area contributed by atoms with Crippen LogP contribution in [0.15, 0.2) is 52.0 Å². The molecule has 0 atom stereocenters. The lowest BCUT2D eigenvalue weighted by atomic mass is 10.2. The minimum Gasteiger partial charge on any atom is -0.507 e. The quantitative estimate of drug-likeness (QED) is 0.494. The summed E-state index contributed by atoms with van der Waals surface area (Å²) >= 11 is 3.25. The predicted octanol–water partition coefficient (Wildman–Crippen LogP) is 2.83. The standard InChI is InChI=1S/C14H10BrN3O4/c15-11-4-5-13(19)10(6-11)8-16-17-14(20)9-2-1-3-12(7-9)18(21)22/h1-8,19H,(H,17,20)/b16-8-. The zero-order chi connectivity index (χ0) is 16.1. The van der Waals surface area contributed by atoms with Crippen molar-refractivity contribution in [1.29, 1.82) is 0 Å². The Labute approximate surface area is 133 Å². The maximum Gasteiger partial charge on any atom is 0.271 e. The molecule has 0 saturated carbocycles. The van der Waals surface area contributed by atoms with Gasteiger partial charge < -0.3 is 5.11 Å². The average molecular weight is 364 g/mol. The molecular formula is C14H10BrN3O4. The molecule has 0 unspecified atom stereocenters. The molecule has 0 radical (unpaired) electrons. The first kappa shape index (κ1) is 15.6. The van der Waals surface area contributed by atoms with Gasteiger partial charge >= 0.3 is 0 Å². The summed E-state index contributed by atoms with van der Waals surface area (Å²) < 4.78 is 0.747. The molecule has 2 aromatic rings. The van der Waals surface area contributed by atoms with Gasteiger partial charge in [-0.25, -0.2) is 5.43 Å². The number of phenolic OH excluding ortho intramolecular Hbond substituents is 1. The Kier molecular flexibility index (Phi) is 4.84. The van der Waals surface area contributed by atoms with E-state index in [1.807, 2.05) is 0 Å². The molecule has 112 valence electrons. The largest absolute Gasteiger partial charge is 0.507 e. The summed E-state index contributed by atoms with van der Waals surface area (Å²) in [7, 11) is 0. The summed E-state index contributed by atoms with van der Waals surface area (Å²) in [5.74, 6) is -0.578. The van der Waals surface area contributed by atoms with Crippen molar-refractivity contribution in [2.75, 3.05) is 0 Å². The highest BCUT2D eigenvalue weighted by atomic mass is 79.9. The summed E-state index contributed by atoms with van der Waals surface area (Å²) in [6.45, 7) is 0. The molecule has 0 heterocycles. The van der Waals surface area contributed by atoms with Gasteiger partial charge in [0, 0.05) is 27.7 Å². The third kappa shape index (κ3) is 3.89. The summed E-state index contributed by atoms with van der Waals surface area (Å²) in [5, 5.41) is 24.0. The molecule has 0 aliphatic carbocycles. The van der Waals surface area contributed by atoms with E-state index in [0.29, 0.717) is 5.56 Å². The van der Waals surface area contributed by atoms with E-state index in [9.17, 15) is 20.0 Å². The van der Waals surface area contributed by atoms with Crippen molar-refractivity contribution in [3.8, 4) is 5.75 Å². The van der Waals surface area contributed by atoms with Crippen LogP contribution in [0.5, 0.6) is 5.75 Å². The number of carbonyl (C=O) groups excluding carboxylic acids is 1. The number of non-ortho nitro benzene ring substituents is 1. The van der Waals surface area contributed by atoms with Crippen LogP contribution in [0.25, 0.3) is 0 Å². The Balaban J connectivity index is 2.09. The average Bonchev–Trinajstić information content (AvgIpc) is 2.50. The number of nitrogens with zero attached hydrogens (tertiary/aromatic N) is 2. The maximum atomic E-state index is 11.8. The second kappa shape index (κ2) is 6.81. The van der Waals surface area contributed by atoms with Crippen molar-refractivity contribution >= 4 is 33.7 Å². The van der Waals surface area contributed by atoms with Gasteiger partial charge in [0.1, 0.15) is 5.75 Å². The number of nitrogens with one attached hydrogen (secondary N) is 1. The third-order valence-electron chi connectivity index (χ3n) is 2.68. The number of hydrogen-bond acceptors (Lipinski definition) is 5. The van der Waals surface area contributed by atoms with Crippen molar-refractivity contribution in [2.45, 2.75) is 0 Å². The number of nitro benzene ring substituents is 1. The Morgan fingerprint density at radius 1 is 1.32 bits per heavy atom. The molecule has 2 N–H and O–H groups in total. The van der Waals surface area contributed by atoms with Gasteiger partial charge in [0.05, 0.1) is 11.1 Å². The van der Waals surface area contributed by atoms with E-state index in [2.05, 4.69) is 26.5 Å². The lowest BCUT2D eigenvalue weighted by Gasteiger charge is -2.01. The lowest BCUT2D eigenvalue weighted by molar-refractivity contribution is -0.384. The third-order valence-corrected chi connectivity index (χ3v) is 3.17. The molecule has 0 aliphatic heterocycles. The molecule has 0 fully saturated rings. The molecule has 0 aromatic heterocycles. The number of hydrogen-bond donors (Lipinski definition) is 2. The fraction of sp³-hybridized carbons (Fsp3) is 0. The van der Waals surface area contributed by atoms with Crippen molar-refractivity contribution in [3.05, 3.63) is 68.2 Å². The van der Waals surface area contributed by atoms with E-state index in [4.69, 9.17) is 0 Å². The van der Waals surface area contributed by atoms with Crippen LogP contribution in [-0.4, -0.2) is 22.2 Å². The summed E-state index contributed by atoms with van der Waals surface area (Å²) in [4.78, 5) is 21.9. The topological polar surface area (TPSA) is 105 Å². The maximum absolute atomic E-state index is 11.8. The number of phenols is 1. The highest BCUT2D eigenvalue weighted by molar-refractivity contribution is 9.10. The van der Waals surface area contributed by atoms with Gasteiger partial charge in [-0.1, -0.05) is 22.0 Å². The minimum atomic E-state index is -0.588. The molecule has 8 heteroatoms. The first-order valence-electron chi connectivity index (χ1n) is 6.04. The Hall–Kier alpha value is -2.74. The highest BCUT2D eigenvalue weighted by Crippen LogP contribution is 2.20. The fourth-order valence-electron chi connectivity index (χ4n) is 1.61. The van der Waals surface area contributed by atoms with E-state index >= 15 is 0 Å². The zero-order valence-corrected chi connectivity index (χ0v) is 12.6. The number of benzene rings is 2. The first-order chi connectivity index (χ1) is 10.5. The van der Waals surface area contributed by atoms with Gasteiger partial charge in [0.2, 0.25) is 0 Å². The van der Waals surface area contributed by atoms with Crippen LogP contribution in [0, 0.1) is 10.1 Å². The smallest absolute Gasteiger partial charge is 0.271 e. The molecule has 0 saturated heterocycles. The molecular weight excluding hydrogens is 354 g/mol. The number of halogens is 1. The summed E-state index contributed by atoms with van der Waals surface area (Å²) in [6, 6.07) is 10.1. The number of aromatic hydroxyl groups is 1. The Morgan fingerprint density at radius 2 is 2.09 bits per heavy atom. The molecule has 7 nitrogen and oxygen atoms in total. The normalized spacial score (nSPS) is 10.6. The monoisotopic (exact) mass is 363 g/mol. The molecule has 0 spiro atoms. The van der Waals surface area contributed by atoms with E-state index < -0.39 is 10.8 Å². The first-order valence-corrected chi connectivity index (χ1v) is 6.83. The molecule has 1 amide bonds. The molecule has 0 aliphatic rings. The van der Waals surface area contributed by atoms with Crippen molar-refractivity contribution in [3.63, 3.8) is 0 Å². The molecule has 2 aromatic carbocycles. The van der Waals surface area contributed by atoms with Gasteiger partial charge in [-0.15, -0.1) is 0 Å². The molecule has 2 rings (SSSR count). The number of nitro groups is 1. The SMILES string of the molecule is O=C(N/N=C\c1cc(Br)ccc1O)c1cccc([N+](=O)[O-])c1. The van der Waals surface area contributed by atoms with Crippen LogP contribution < -0.4 is 5.43 Å². The van der Waals surface area contributed by atoms with Gasteiger partial charge in [-0.3, -0.25) is 14.9 Å². The van der Waals surface area contributed by atoms with E-state index in [0.717, 1.165) is 10.5 Å². The van der Waals surface area contributed by atoms with Gasteiger partial charge in [-0.05, 0) is 24.3 Å². The van der Waals surface area contributed by atoms with E-state index in [-0.39, 0.29) is 17.0 Å². The molecule has 22 heavy (non-hydrogen) atoms. The fourth-order valence-corrected chi connectivity index (χ4v) is 1.99. The molecule has 0 bridgehead atoms. The van der Waals surface area contributed by atoms with Gasteiger partial charge in [-0.2, -0.15) is 5.10 Å². The van der Waals surface area contributed by atoms with Crippen LogP contribution in [0.1, 0.15) is 15.9 Å². The van der Waals surface area contributed by atoms with Crippen LogP contribution in [0.4, 0.5) is 5.69 Å². The van der Waals surface area contributed by atoms with Crippen molar-refractivity contribution < 1.29 is 14.8 Å². The second-order valence-electron chi connectivity index (χ2n) is 4.21. The van der Waals surface area contributed by atoms with Crippen LogP contribution in [-0.2, 0) is 0 Å². The minimum absolute atomic E-state index is 0.0107. The van der Waals surface area contributed by atoms with Gasteiger partial charge in [0.15, 0.2) is 0 Å². The number of carbonyl (C=O) groups is 1. The second-order valence-corrected chi connectivity index (χ2v) is 5.13. The van der Waals surface area contributed by atoms with E-state index in [1.54, 1.807) is 12.1 Å². The highest BCUT2D eigenvalue weighted by Gasteiger charge is 2.10. The predicted molar refractivity (Wildman–Crippen MR) is 84.0 cm³/mol. The van der Waals surface area contributed by atoms with Crippen molar-refractivity contribution in [2.24, 2.45) is 5.10 Å². The van der Waals surface area contributed by atoms with Crippen LogP contribution >= 0.6 is 15.9 Å². The number of hydrazone groups is 1. The zero-order valence-electron chi connectivity index (χ0n) is 11.1. The number of rotatable bonds is 4. The lowest BCUT2D eigenvalue weighted by Crippen LogP contribution is -2.17. The van der Waals surface area contributed by atoms with Crippen LogP contribution in [0.2, 0.25) is 0 Å². The van der Waals surface area contributed by atoms with Gasteiger partial charge in [0.25, 0.3) is 11.6 Å². The Bertz CT molecular complexity index is 762. The number of amides is 1. The summed E-state index contributed by atoms with van der Waals surface area (Å²) in [5.41, 5.74) is 2.59. The van der Waals surface area contributed by atoms with E-state index in [1.165, 1.54) is 30.5 Å².